The first-order chi connectivity index (χ1) is 13.0. The fourth-order valence-electron chi connectivity index (χ4n) is 3.65. The summed E-state index contributed by atoms with van der Waals surface area (Å²) in [6.45, 7) is 2.63. The van der Waals surface area contributed by atoms with Gasteiger partial charge in [-0.3, -0.25) is 0 Å². The molecule has 2 heterocycles. The molecule has 1 aromatic carbocycles. The van der Waals surface area contributed by atoms with Gasteiger partial charge in [0.15, 0.2) is 9.84 Å². The number of imidazole rings is 1. The first-order valence-corrected chi connectivity index (χ1v) is 10.8. The molecule has 8 heteroatoms. The first-order valence-electron chi connectivity index (χ1n) is 9.03. The highest BCUT2D eigenvalue weighted by molar-refractivity contribution is 7.89. The Morgan fingerprint density at radius 1 is 1.15 bits per heavy atom. The lowest BCUT2D eigenvalue weighted by Gasteiger charge is -2.06. The van der Waals surface area contributed by atoms with Crippen molar-refractivity contribution in [3.63, 3.8) is 0 Å². The average Bonchev–Trinajstić information content (AvgIpc) is 3.33. The summed E-state index contributed by atoms with van der Waals surface area (Å²) in [4.78, 5) is 4.17. The highest BCUT2D eigenvalue weighted by atomic mass is 32.2. The number of nitrogens with zero attached hydrogens (tertiary/aromatic N) is 4. The Morgan fingerprint density at radius 3 is 2.67 bits per heavy atom. The van der Waals surface area contributed by atoms with Crippen LogP contribution in [-0.2, 0) is 40.7 Å². The van der Waals surface area contributed by atoms with E-state index in [2.05, 4.69) is 10.1 Å². The highest BCUT2D eigenvalue weighted by Crippen LogP contribution is 2.29. The van der Waals surface area contributed by atoms with E-state index in [1.807, 2.05) is 11.5 Å². The van der Waals surface area contributed by atoms with Gasteiger partial charge in [-0.2, -0.15) is 5.10 Å². The highest BCUT2D eigenvalue weighted by Gasteiger charge is 2.27. The van der Waals surface area contributed by atoms with Gasteiger partial charge in [-0.15, -0.1) is 0 Å². The Morgan fingerprint density at radius 2 is 1.93 bits per heavy atom. The normalized spacial score (nSPS) is 13.9. The van der Waals surface area contributed by atoms with Crippen molar-refractivity contribution in [1.29, 1.82) is 0 Å². The molecular weight excluding hydrogens is 367 g/mol. The molecule has 0 unspecified atom stereocenters. The summed E-state index contributed by atoms with van der Waals surface area (Å²) in [5.74, 6) is 0.0236. The van der Waals surface area contributed by atoms with Crippen LogP contribution in [0.3, 0.4) is 0 Å². The van der Waals surface area contributed by atoms with Crippen LogP contribution in [-0.4, -0.2) is 27.7 Å². The predicted molar refractivity (Wildman–Crippen MR) is 99.8 cm³/mol. The van der Waals surface area contributed by atoms with Gasteiger partial charge in [0.1, 0.15) is 17.4 Å². The molecule has 6 nitrogen and oxygen atoms in total. The molecule has 0 atom stereocenters. The van der Waals surface area contributed by atoms with E-state index in [4.69, 9.17) is 0 Å². The summed E-state index contributed by atoms with van der Waals surface area (Å²) in [6.07, 6.45) is 6.05. The van der Waals surface area contributed by atoms with Gasteiger partial charge in [0.25, 0.3) is 0 Å². The van der Waals surface area contributed by atoms with Crippen molar-refractivity contribution in [2.75, 3.05) is 0 Å². The molecule has 3 aromatic rings. The molecule has 1 aliphatic rings. The second-order valence-corrected chi connectivity index (χ2v) is 8.84. The zero-order valence-corrected chi connectivity index (χ0v) is 15.9. The van der Waals surface area contributed by atoms with Crippen molar-refractivity contribution in [1.82, 2.24) is 19.3 Å². The van der Waals surface area contributed by atoms with Gasteiger partial charge in [-0.1, -0.05) is 0 Å². The summed E-state index contributed by atoms with van der Waals surface area (Å²) in [6, 6.07) is 6.10. The zero-order chi connectivity index (χ0) is 19.0. The monoisotopic (exact) mass is 388 g/mol. The van der Waals surface area contributed by atoms with Crippen LogP contribution in [0, 0.1) is 5.82 Å². The molecule has 27 heavy (non-hydrogen) atoms. The third kappa shape index (κ3) is 3.53. The van der Waals surface area contributed by atoms with E-state index in [1.54, 1.807) is 29.2 Å². The second-order valence-electron chi connectivity index (χ2n) is 6.78. The maximum atomic E-state index is 13.2. The lowest BCUT2D eigenvalue weighted by atomic mass is 10.2. The maximum absolute atomic E-state index is 13.2. The summed E-state index contributed by atoms with van der Waals surface area (Å²) in [5.41, 5.74) is 3.39. The third-order valence-corrected chi connectivity index (χ3v) is 6.34. The molecular formula is C19H21FN4O2S. The van der Waals surface area contributed by atoms with E-state index < -0.39 is 9.84 Å². The third-order valence-electron chi connectivity index (χ3n) is 4.93. The van der Waals surface area contributed by atoms with E-state index in [9.17, 15) is 12.8 Å². The van der Waals surface area contributed by atoms with E-state index in [0.29, 0.717) is 18.1 Å². The van der Waals surface area contributed by atoms with E-state index in [1.165, 1.54) is 12.1 Å². The Hall–Kier alpha value is -2.48. The minimum absolute atomic E-state index is 0.105. The lowest BCUT2D eigenvalue weighted by molar-refractivity contribution is 0.588. The van der Waals surface area contributed by atoms with Crippen molar-refractivity contribution < 1.29 is 12.8 Å². The van der Waals surface area contributed by atoms with Crippen LogP contribution < -0.4 is 0 Å². The Labute approximate surface area is 157 Å². The molecule has 4 rings (SSSR count). The van der Waals surface area contributed by atoms with Crippen LogP contribution in [0.5, 0.6) is 0 Å². The van der Waals surface area contributed by atoms with Gasteiger partial charge in [0.2, 0.25) is 0 Å². The summed E-state index contributed by atoms with van der Waals surface area (Å²) in [7, 11) is -3.41. The van der Waals surface area contributed by atoms with E-state index >= 15 is 0 Å². The van der Waals surface area contributed by atoms with Crippen molar-refractivity contribution >= 4 is 9.84 Å². The van der Waals surface area contributed by atoms with Crippen LogP contribution >= 0.6 is 0 Å². The molecule has 2 aromatic heterocycles. The largest absolute Gasteiger partial charge is 0.334 e. The van der Waals surface area contributed by atoms with Gasteiger partial charge in [0, 0.05) is 24.6 Å². The van der Waals surface area contributed by atoms with Crippen molar-refractivity contribution in [2.24, 2.45) is 0 Å². The van der Waals surface area contributed by atoms with Crippen LogP contribution in [0.2, 0.25) is 0 Å². The number of rotatable bonds is 6. The molecule has 0 N–H and O–H groups in total. The summed E-state index contributed by atoms with van der Waals surface area (Å²) >= 11 is 0. The number of sulfone groups is 1. The Balaban J connectivity index is 1.64. The molecule has 0 aliphatic heterocycles. The van der Waals surface area contributed by atoms with Gasteiger partial charge < -0.3 is 4.57 Å². The Kier molecular flexibility index (Phi) is 4.59. The standard InChI is InChI=1S/C19H21FN4O2S/c1-2-23-11-10-21-19(23)13-27(25,26)12-17-16-4-3-5-18(16)24(22-17)15-8-6-14(20)7-9-15/h6-11H,2-5,12-13H2,1H3. The lowest BCUT2D eigenvalue weighted by Crippen LogP contribution is -2.13. The van der Waals surface area contributed by atoms with Gasteiger partial charge in [0.05, 0.1) is 17.1 Å². The van der Waals surface area contributed by atoms with Gasteiger partial charge in [-0.05, 0) is 56.0 Å². The van der Waals surface area contributed by atoms with E-state index in [-0.39, 0.29) is 17.3 Å². The number of hydrogen-bond donors (Lipinski definition) is 0. The van der Waals surface area contributed by atoms with Crippen molar-refractivity contribution in [2.45, 2.75) is 44.2 Å². The number of halogens is 1. The summed E-state index contributed by atoms with van der Waals surface area (Å²) < 4.78 is 42.4. The minimum atomic E-state index is -3.41. The average molecular weight is 388 g/mol. The molecule has 0 spiro atoms. The smallest absolute Gasteiger partial charge is 0.163 e. The van der Waals surface area contributed by atoms with Gasteiger partial charge >= 0.3 is 0 Å². The molecule has 142 valence electrons. The number of aromatic nitrogens is 4. The molecule has 0 bridgehead atoms. The number of benzene rings is 1. The topological polar surface area (TPSA) is 69.8 Å². The maximum Gasteiger partial charge on any atom is 0.163 e. The molecule has 0 radical (unpaired) electrons. The van der Waals surface area contributed by atoms with Crippen molar-refractivity contribution in [3.8, 4) is 5.69 Å². The fourth-order valence-corrected chi connectivity index (χ4v) is 5.03. The second kappa shape index (κ2) is 6.92. The first kappa shape index (κ1) is 17.9. The predicted octanol–water partition coefficient (Wildman–Crippen LogP) is 2.83. The van der Waals surface area contributed by atoms with Crippen LogP contribution in [0.25, 0.3) is 5.69 Å². The minimum Gasteiger partial charge on any atom is -0.334 e. The van der Waals surface area contributed by atoms with Crippen molar-refractivity contribution in [3.05, 3.63) is 65.3 Å². The molecule has 0 fully saturated rings. The SMILES string of the molecule is CCn1ccnc1CS(=O)(=O)Cc1nn(-c2ccc(F)cc2)c2c1CCC2. The summed E-state index contributed by atoms with van der Waals surface area (Å²) in [5, 5.41) is 4.58. The zero-order valence-electron chi connectivity index (χ0n) is 15.1. The Bertz CT molecular complexity index is 1070. The molecule has 0 amide bonds. The quantitative estimate of drug-likeness (QED) is 0.651. The number of aryl methyl sites for hydroxylation is 1. The number of hydrogen-bond acceptors (Lipinski definition) is 4. The molecule has 1 aliphatic carbocycles. The van der Waals surface area contributed by atoms with Crippen LogP contribution in [0.1, 0.15) is 36.1 Å². The van der Waals surface area contributed by atoms with Crippen LogP contribution in [0.4, 0.5) is 4.39 Å². The van der Waals surface area contributed by atoms with Crippen LogP contribution in [0.15, 0.2) is 36.7 Å². The molecule has 0 saturated carbocycles. The van der Waals surface area contributed by atoms with E-state index in [0.717, 1.165) is 36.2 Å². The number of fused-ring (bicyclic) bond motifs is 1. The van der Waals surface area contributed by atoms with Gasteiger partial charge in [-0.25, -0.2) is 22.5 Å². The molecule has 0 saturated heterocycles. The fraction of sp³-hybridized carbons (Fsp3) is 0.368.